The molecule has 6 heteroatoms. The largest absolute Gasteiger partial charge is 0.354 e. The van der Waals surface area contributed by atoms with Gasteiger partial charge in [0.15, 0.2) is 0 Å². The highest BCUT2D eigenvalue weighted by Crippen LogP contribution is 2.18. The van der Waals surface area contributed by atoms with Gasteiger partial charge in [-0.05, 0) is 29.8 Å². The zero-order valence-electron chi connectivity index (χ0n) is 15.9. The molecule has 0 aliphatic rings. The number of carbonyl (C=O) groups excluding carboxylic acids is 2. The van der Waals surface area contributed by atoms with Crippen LogP contribution >= 0.6 is 11.6 Å². The van der Waals surface area contributed by atoms with E-state index in [2.05, 4.69) is 16.0 Å². The molecule has 0 bridgehead atoms. The minimum atomic E-state index is -0.381. The van der Waals surface area contributed by atoms with Gasteiger partial charge in [0.1, 0.15) is 0 Å². The van der Waals surface area contributed by atoms with Crippen LogP contribution in [0.3, 0.4) is 0 Å². The highest BCUT2D eigenvalue weighted by molar-refractivity contribution is 6.34. The van der Waals surface area contributed by atoms with E-state index in [1.807, 2.05) is 45.0 Å². The number of hydrogen-bond acceptors (Lipinski definition) is 3. The first-order valence-corrected chi connectivity index (χ1v) is 9.29. The molecule has 0 aliphatic carbocycles. The fourth-order valence-corrected chi connectivity index (χ4v) is 2.59. The third-order valence-electron chi connectivity index (χ3n) is 3.90. The Bertz CT molecular complexity index is 800. The molecule has 0 saturated heterocycles. The van der Waals surface area contributed by atoms with Gasteiger partial charge in [-0.1, -0.05) is 56.6 Å². The summed E-state index contributed by atoms with van der Waals surface area (Å²) in [5, 5.41) is 9.47. The predicted molar refractivity (Wildman–Crippen MR) is 110 cm³/mol. The molecule has 144 valence electrons. The lowest BCUT2D eigenvalue weighted by atomic mass is 9.96. The first-order valence-electron chi connectivity index (χ1n) is 8.91. The van der Waals surface area contributed by atoms with Gasteiger partial charge >= 0.3 is 0 Å². The minimum absolute atomic E-state index is 0.0357. The van der Waals surface area contributed by atoms with E-state index in [0.29, 0.717) is 35.9 Å². The van der Waals surface area contributed by atoms with Crippen molar-refractivity contribution in [3.8, 4) is 0 Å². The van der Waals surface area contributed by atoms with Crippen molar-refractivity contribution in [2.24, 2.45) is 5.41 Å². The summed E-state index contributed by atoms with van der Waals surface area (Å²) in [6, 6.07) is 14.6. The van der Waals surface area contributed by atoms with E-state index in [9.17, 15) is 9.59 Å². The average Bonchev–Trinajstić information content (AvgIpc) is 2.61. The molecule has 2 amide bonds. The smallest absolute Gasteiger partial charge is 0.257 e. The van der Waals surface area contributed by atoms with Crippen LogP contribution < -0.4 is 16.0 Å². The Hall–Kier alpha value is -2.37. The maximum Gasteiger partial charge on any atom is 0.257 e. The van der Waals surface area contributed by atoms with Crippen molar-refractivity contribution in [1.29, 1.82) is 0 Å². The molecule has 2 aromatic rings. The van der Waals surface area contributed by atoms with Gasteiger partial charge in [0, 0.05) is 30.7 Å². The van der Waals surface area contributed by atoms with Crippen LogP contribution in [0.15, 0.2) is 48.5 Å². The average molecular weight is 388 g/mol. The lowest BCUT2D eigenvalue weighted by Crippen LogP contribution is -2.38. The van der Waals surface area contributed by atoms with Gasteiger partial charge in [-0.25, -0.2) is 0 Å². The van der Waals surface area contributed by atoms with Crippen molar-refractivity contribution in [3.63, 3.8) is 0 Å². The number of benzene rings is 2. The van der Waals surface area contributed by atoms with Crippen molar-refractivity contribution in [1.82, 2.24) is 10.6 Å². The molecule has 2 rings (SSSR count). The summed E-state index contributed by atoms with van der Waals surface area (Å²) in [4.78, 5) is 24.1. The van der Waals surface area contributed by atoms with E-state index >= 15 is 0 Å². The summed E-state index contributed by atoms with van der Waals surface area (Å²) in [5.41, 5.74) is 1.81. The highest BCUT2D eigenvalue weighted by atomic mass is 35.5. The summed E-state index contributed by atoms with van der Waals surface area (Å²) >= 11 is 6.06. The molecule has 0 spiro atoms. The zero-order chi connectivity index (χ0) is 19.9. The Morgan fingerprint density at radius 3 is 2.44 bits per heavy atom. The zero-order valence-corrected chi connectivity index (χ0v) is 16.7. The SMILES string of the molecule is CC(C)(C)C(=O)NCCNCc1cccc(NC(=O)c2ccccc2Cl)c1. The van der Waals surface area contributed by atoms with Gasteiger partial charge in [-0.3, -0.25) is 9.59 Å². The van der Waals surface area contributed by atoms with Crippen molar-refractivity contribution in [3.05, 3.63) is 64.7 Å². The Morgan fingerprint density at radius 2 is 1.74 bits per heavy atom. The van der Waals surface area contributed by atoms with E-state index < -0.39 is 0 Å². The van der Waals surface area contributed by atoms with Crippen LogP contribution in [0.5, 0.6) is 0 Å². The van der Waals surface area contributed by atoms with E-state index in [4.69, 9.17) is 11.6 Å². The molecular weight excluding hydrogens is 362 g/mol. The van der Waals surface area contributed by atoms with E-state index in [-0.39, 0.29) is 17.2 Å². The Kier molecular flexibility index (Phi) is 7.39. The number of amides is 2. The van der Waals surface area contributed by atoms with Crippen LogP contribution in [-0.4, -0.2) is 24.9 Å². The molecule has 0 heterocycles. The summed E-state index contributed by atoms with van der Waals surface area (Å²) in [6.07, 6.45) is 0. The molecule has 0 atom stereocenters. The number of anilines is 1. The molecule has 0 aliphatic heterocycles. The summed E-state index contributed by atoms with van der Waals surface area (Å²) < 4.78 is 0. The maximum atomic E-state index is 12.3. The molecule has 0 unspecified atom stereocenters. The number of hydrogen-bond donors (Lipinski definition) is 3. The molecule has 0 aromatic heterocycles. The van der Waals surface area contributed by atoms with Gasteiger partial charge in [-0.2, -0.15) is 0 Å². The summed E-state index contributed by atoms with van der Waals surface area (Å²) in [6.45, 7) is 7.53. The molecule has 0 radical (unpaired) electrons. The monoisotopic (exact) mass is 387 g/mol. The van der Waals surface area contributed by atoms with Gasteiger partial charge in [-0.15, -0.1) is 0 Å². The molecule has 3 N–H and O–H groups in total. The van der Waals surface area contributed by atoms with Crippen LogP contribution in [0.2, 0.25) is 5.02 Å². The van der Waals surface area contributed by atoms with E-state index in [1.54, 1.807) is 24.3 Å². The van der Waals surface area contributed by atoms with Gasteiger partial charge in [0.2, 0.25) is 5.91 Å². The van der Waals surface area contributed by atoms with Crippen molar-refractivity contribution >= 4 is 29.1 Å². The molecule has 2 aromatic carbocycles. The Labute approximate surface area is 165 Å². The second kappa shape index (κ2) is 9.53. The lowest BCUT2D eigenvalue weighted by Gasteiger charge is -2.17. The number of carbonyl (C=O) groups is 2. The fourth-order valence-electron chi connectivity index (χ4n) is 2.37. The molecule has 27 heavy (non-hydrogen) atoms. The van der Waals surface area contributed by atoms with Crippen molar-refractivity contribution < 1.29 is 9.59 Å². The Balaban J connectivity index is 1.82. The maximum absolute atomic E-state index is 12.3. The number of halogens is 1. The number of rotatable bonds is 7. The summed E-state index contributed by atoms with van der Waals surface area (Å²) in [5.74, 6) is -0.204. The standard InChI is InChI=1S/C21H26ClN3O2/c1-21(2,3)20(27)24-12-11-23-14-15-7-6-8-16(13-15)25-19(26)17-9-4-5-10-18(17)22/h4-10,13,23H,11-12,14H2,1-3H3,(H,24,27)(H,25,26). The third kappa shape index (κ3) is 6.70. The van der Waals surface area contributed by atoms with Crippen LogP contribution in [-0.2, 0) is 11.3 Å². The molecular formula is C21H26ClN3O2. The lowest BCUT2D eigenvalue weighted by molar-refractivity contribution is -0.128. The first-order chi connectivity index (χ1) is 12.8. The fraction of sp³-hybridized carbons (Fsp3) is 0.333. The normalized spacial score (nSPS) is 11.1. The van der Waals surface area contributed by atoms with Crippen LogP contribution in [0.25, 0.3) is 0 Å². The molecule has 5 nitrogen and oxygen atoms in total. The third-order valence-corrected chi connectivity index (χ3v) is 4.23. The quantitative estimate of drug-likeness (QED) is 0.632. The van der Waals surface area contributed by atoms with Crippen molar-refractivity contribution in [2.75, 3.05) is 18.4 Å². The van der Waals surface area contributed by atoms with Gasteiger partial charge in [0.05, 0.1) is 10.6 Å². The summed E-state index contributed by atoms with van der Waals surface area (Å²) in [7, 11) is 0. The van der Waals surface area contributed by atoms with Crippen LogP contribution in [0.1, 0.15) is 36.7 Å². The Morgan fingerprint density at radius 1 is 1.00 bits per heavy atom. The predicted octanol–water partition coefficient (Wildman–Crippen LogP) is 3.84. The topological polar surface area (TPSA) is 70.2 Å². The first kappa shape index (κ1) is 20.9. The van der Waals surface area contributed by atoms with Crippen molar-refractivity contribution in [2.45, 2.75) is 27.3 Å². The molecule has 0 saturated carbocycles. The van der Waals surface area contributed by atoms with Gasteiger partial charge < -0.3 is 16.0 Å². The van der Waals surface area contributed by atoms with Crippen LogP contribution in [0.4, 0.5) is 5.69 Å². The minimum Gasteiger partial charge on any atom is -0.354 e. The van der Waals surface area contributed by atoms with E-state index in [1.165, 1.54) is 0 Å². The molecule has 0 fully saturated rings. The van der Waals surface area contributed by atoms with Gasteiger partial charge in [0.25, 0.3) is 5.91 Å². The van der Waals surface area contributed by atoms with Crippen LogP contribution in [0, 0.1) is 5.41 Å². The van der Waals surface area contributed by atoms with E-state index in [0.717, 1.165) is 5.56 Å². The highest BCUT2D eigenvalue weighted by Gasteiger charge is 2.20. The number of nitrogens with one attached hydrogen (secondary N) is 3. The second-order valence-electron chi connectivity index (χ2n) is 7.32. The second-order valence-corrected chi connectivity index (χ2v) is 7.72.